The minimum absolute atomic E-state index is 0. The number of pyridine rings is 1. The Labute approximate surface area is 175 Å². The van der Waals surface area contributed by atoms with Crippen LogP contribution in [0.25, 0.3) is 0 Å². The van der Waals surface area contributed by atoms with Crippen molar-refractivity contribution < 1.29 is 4.79 Å². The van der Waals surface area contributed by atoms with Crippen LogP contribution in [0.3, 0.4) is 0 Å². The molecular weight excluding hydrogens is 465 g/mol. The van der Waals surface area contributed by atoms with Gasteiger partial charge in [-0.2, -0.15) is 0 Å². The molecule has 0 fully saturated rings. The Kier molecular flexibility index (Phi) is 10.6. The zero-order valence-electron chi connectivity index (χ0n) is 14.5. The fourth-order valence-electron chi connectivity index (χ4n) is 2.11. The van der Waals surface area contributed by atoms with Crippen molar-refractivity contribution in [3.63, 3.8) is 0 Å². The Morgan fingerprint density at radius 1 is 1.15 bits per heavy atom. The third-order valence-corrected chi connectivity index (χ3v) is 3.64. The summed E-state index contributed by atoms with van der Waals surface area (Å²) < 4.78 is 0. The molecule has 8 heteroatoms. The lowest BCUT2D eigenvalue weighted by atomic mass is 10.2. The second-order valence-electron chi connectivity index (χ2n) is 5.33. The quantitative estimate of drug-likeness (QED) is 0.242. The lowest BCUT2D eigenvalue weighted by molar-refractivity contribution is -0.116. The number of anilines is 1. The van der Waals surface area contributed by atoms with Crippen LogP contribution in [0.15, 0.2) is 53.7 Å². The molecule has 0 saturated heterocycles. The van der Waals surface area contributed by atoms with E-state index in [0.29, 0.717) is 36.9 Å². The van der Waals surface area contributed by atoms with Gasteiger partial charge in [0.15, 0.2) is 5.96 Å². The van der Waals surface area contributed by atoms with E-state index in [9.17, 15) is 4.79 Å². The van der Waals surface area contributed by atoms with Gasteiger partial charge in [0.05, 0.1) is 12.2 Å². The molecule has 0 bridgehead atoms. The molecule has 0 radical (unpaired) electrons. The van der Waals surface area contributed by atoms with Crippen LogP contribution >= 0.6 is 35.6 Å². The van der Waals surface area contributed by atoms with Crippen molar-refractivity contribution in [1.82, 2.24) is 15.6 Å². The number of carbonyl (C=O) groups excluding carboxylic acids is 1. The van der Waals surface area contributed by atoms with Gasteiger partial charge in [-0.05, 0) is 42.8 Å². The third kappa shape index (κ3) is 8.48. The molecule has 0 atom stereocenters. The van der Waals surface area contributed by atoms with Crippen LogP contribution in [-0.2, 0) is 11.3 Å². The fourth-order valence-corrected chi connectivity index (χ4v) is 2.24. The molecule has 3 N–H and O–H groups in total. The summed E-state index contributed by atoms with van der Waals surface area (Å²) in [5.41, 5.74) is 1.68. The maximum atomic E-state index is 11.9. The van der Waals surface area contributed by atoms with Crippen molar-refractivity contribution in [2.75, 3.05) is 18.9 Å². The molecule has 2 aromatic rings. The number of amides is 1. The van der Waals surface area contributed by atoms with E-state index in [1.54, 1.807) is 37.5 Å². The predicted molar refractivity (Wildman–Crippen MR) is 117 cm³/mol. The maximum absolute atomic E-state index is 11.9. The van der Waals surface area contributed by atoms with Crippen LogP contribution in [0.2, 0.25) is 5.02 Å². The van der Waals surface area contributed by atoms with Crippen LogP contribution in [0.5, 0.6) is 0 Å². The summed E-state index contributed by atoms with van der Waals surface area (Å²) in [6, 6.07) is 12.8. The van der Waals surface area contributed by atoms with Crippen LogP contribution in [0, 0.1) is 0 Å². The van der Waals surface area contributed by atoms with Crippen LogP contribution < -0.4 is 16.0 Å². The van der Waals surface area contributed by atoms with Crippen molar-refractivity contribution >= 4 is 53.1 Å². The van der Waals surface area contributed by atoms with E-state index in [2.05, 4.69) is 25.9 Å². The number of benzene rings is 1. The highest BCUT2D eigenvalue weighted by atomic mass is 127. The van der Waals surface area contributed by atoms with Crippen LogP contribution in [0.1, 0.15) is 18.5 Å². The van der Waals surface area contributed by atoms with Crippen molar-refractivity contribution in [2.24, 2.45) is 4.99 Å². The molecule has 1 heterocycles. The molecule has 1 amide bonds. The zero-order valence-corrected chi connectivity index (χ0v) is 17.6. The number of hydrogen-bond donors (Lipinski definition) is 3. The largest absolute Gasteiger partial charge is 0.356 e. The number of hydrogen-bond acceptors (Lipinski definition) is 3. The Morgan fingerprint density at radius 2 is 1.92 bits per heavy atom. The van der Waals surface area contributed by atoms with Gasteiger partial charge in [0, 0.05) is 36.9 Å². The highest BCUT2D eigenvalue weighted by Crippen LogP contribution is 2.13. The molecule has 6 nitrogen and oxygen atoms in total. The first-order chi connectivity index (χ1) is 12.2. The summed E-state index contributed by atoms with van der Waals surface area (Å²) in [6.45, 7) is 1.24. The average molecular weight is 488 g/mol. The Balaban J connectivity index is 0.00000338. The summed E-state index contributed by atoms with van der Waals surface area (Å²) in [4.78, 5) is 20.3. The van der Waals surface area contributed by atoms with Gasteiger partial charge in [0.2, 0.25) is 5.91 Å². The number of rotatable bonds is 7. The molecule has 1 aromatic carbocycles. The van der Waals surface area contributed by atoms with E-state index in [0.717, 1.165) is 11.4 Å². The molecule has 1 aromatic heterocycles. The molecule has 2 rings (SSSR count). The van der Waals surface area contributed by atoms with Crippen molar-refractivity contribution in [3.05, 3.63) is 59.4 Å². The van der Waals surface area contributed by atoms with Gasteiger partial charge in [-0.25, -0.2) is 0 Å². The first-order valence-corrected chi connectivity index (χ1v) is 8.45. The van der Waals surface area contributed by atoms with Gasteiger partial charge in [-0.15, -0.1) is 24.0 Å². The van der Waals surface area contributed by atoms with Crippen LogP contribution in [0.4, 0.5) is 5.69 Å². The first-order valence-electron chi connectivity index (χ1n) is 8.07. The van der Waals surface area contributed by atoms with Crippen molar-refractivity contribution in [1.29, 1.82) is 0 Å². The second-order valence-corrected chi connectivity index (χ2v) is 5.77. The highest BCUT2D eigenvalue weighted by molar-refractivity contribution is 14.0. The van der Waals surface area contributed by atoms with Gasteiger partial charge >= 0.3 is 0 Å². The number of carbonyl (C=O) groups is 1. The number of aliphatic imine (C=N–C) groups is 1. The van der Waals surface area contributed by atoms with E-state index in [4.69, 9.17) is 11.6 Å². The number of nitrogens with one attached hydrogen (secondary N) is 3. The Bertz CT molecular complexity index is 694. The van der Waals surface area contributed by atoms with Crippen molar-refractivity contribution in [2.45, 2.75) is 19.4 Å². The molecule has 0 saturated carbocycles. The molecule has 0 aliphatic rings. The molecule has 0 spiro atoms. The first kappa shape index (κ1) is 22.2. The van der Waals surface area contributed by atoms with E-state index < -0.39 is 0 Å². The number of guanidine groups is 1. The van der Waals surface area contributed by atoms with Gasteiger partial charge in [0.25, 0.3) is 0 Å². The molecule has 26 heavy (non-hydrogen) atoms. The molecule has 0 aliphatic heterocycles. The summed E-state index contributed by atoms with van der Waals surface area (Å²) in [5.74, 6) is 0.657. The minimum atomic E-state index is -0.0273. The van der Waals surface area contributed by atoms with Gasteiger partial charge in [-0.3, -0.25) is 14.8 Å². The lowest BCUT2D eigenvalue weighted by Crippen LogP contribution is -2.37. The van der Waals surface area contributed by atoms with E-state index in [1.165, 1.54) is 0 Å². The molecular formula is C18H23ClIN5O. The number of nitrogens with zero attached hydrogens (tertiary/aromatic N) is 2. The Morgan fingerprint density at radius 3 is 2.58 bits per heavy atom. The topological polar surface area (TPSA) is 78.4 Å². The minimum Gasteiger partial charge on any atom is -0.356 e. The summed E-state index contributed by atoms with van der Waals surface area (Å²) in [6.07, 6.45) is 2.88. The maximum Gasteiger partial charge on any atom is 0.224 e. The van der Waals surface area contributed by atoms with Gasteiger partial charge in [0.1, 0.15) is 0 Å². The van der Waals surface area contributed by atoms with Crippen molar-refractivity contribution in [3.8, 4) is 0 Å². The number of aromatic nitrogens is 1. The normalized spacial score (nSPS) is 10.6. The third-order valence-electron chi connectivity index (χ3n) is 3.39. The standard InChI is InChI=1S/C18H22ClN5O.HI/c1-20-18(23-13-16-5-2-3-11-21-16)22-12-4-6-17(25)24-15-9-7-14(19)8-10-15;/h2-3,5,7-11H,4,6,12-13H2,1H3,(H,24,25)(H2,20,22,23);1H. The summed E-state index contributed by atoms with van der Waals surface area (Å²) >= 11 is 5.82. The van der Waals surface area contributed by atoms with E-state index in [1.807, 2.05) is 18.2 Å². The molecule has 140 valence electrons. The highest BCUT2D eigenvalue weighted by Gasteiger charge is 2.03. The average Bonchev–Trinajstić information content (AvgIpc) is 2.64. The number of halogens is 2. The predicted octanol–water partition coefficient (Wildman–Crippen LogP) is 3.44. The van der Waals surface area contributed by atoms with E-state index in [-0.39, 0.29) is 29.9 Å². The molecule has 0 unspecified atom stereocenters. The lowest BCUT2D eigenvalue weighted by Gasteiger charge is -2.11. The monoisotopic (exact) mass is 487 g/mol. The fraction of sp³-hybridized carbons (Fsp3) is 0.278. The second kappa shape index (κ2) is 12.5. The molecule has 0 aliphatic carbocycles. The van der Waals surface area contributed by atoms with Gasteiger partial charge < -0.3 is 16.0 Å². The van der Waals surface area contributed by atoms with Crippen LogP contribution in [-0.4, -0.2) is 30.4 Å². The van der Waals surface area contributed by atoms with E-state index >= 15 is 0 Å². The summed E-state index contributed by atoms with van der Waals surface area (Å²) in [7, 11) is 1.71. The SMILES string of the molecule is CN=C(NCCCC(=O)Nc1ccc(Cl)cc1)NCc1ccccn1.I. The zero-order chi connectivity index (χ0) is 17.9. The smallest absolute Gasteiger partial charge is 0.224 e. The summed E-state index contributed by atoms with van der Waals surface area (Å²) in [5, 5.41) is 9.85. The van der Waals surface area contributed by atoms with Gasteiger partial charge in [-0.1, -0.05) is 17.7 Å². The Hall–Kier alpha value is -1.87.